The molecule has 20 heavy (non-hydrogen) atoms. The second-order valence-electron chi connectivity index (χ2n) is 7.86. The van der Waals surface area contributed by atoms with E-state index < -0.39 is 0 Å². The topological polar surface area (TPSA) is 40.5 Å². The standard InChI is InChI=1S/C17H29NO2/c1-17(2)11-13(17)16(20)18-10-6-5-8-14(18)12-7-3-4-9-15(12)19/h12-15,19H,3-11H2,1-2H3. The first-order chi connectivity index (χ1) is 9.50. The third-order valence-corrected chi connectivity index (χ3v) is 5.92. The van der Waals surface area contributed by atoms with Crippen molar-refractivity contribution in [1.82, 2.24) is 4.90 Å². The maximum absolute atomic E-state index is 12.8. The van der Waals surface area contributed by atoms with Crippen molar-refractivity contribution in [2.45, 2.75) is 77.4 Å². The fraction of sp³-hybridized carbons (Fsp3) is 0.941. The molecule has 114 valence electrons. The van der Waals surface area contributed by atoms with Gasteiger partial charge in [-0.25, -0.2) is 0 Å². The molecule has 1 aliphatic heterocycles. The van der Waals surface area contributed by atoms with Crippen molar-refractivity contribution in [2.24, 2.45) is 17.3 Å². The summed E-state index contributed by atoms with van der Waals surface area (Å²) in [6, 6.07) is 0.308. The maximum atomic E-state index is 12.8. The Morgan fingerprint density at radius 3 is 2.40 bits per heavy atom. The zero-order chi connectivity index (χ0) is 14.3. The molecule has 3 rings (SSSR count). The third kappa shape index (κ3) is 2.61. The number of aliphatic hydroxyl groups is 1. The van der Waals surface area contributed by atoms with E-state index in [0.29, 0.717) is 17.9 Å². The molecule has 0 aromatic rings. The summed E-state index contributed by atoms with van der Waals surface area (Å²) in [6.45, 7) is 5.31. The summed E-state index contributed by atoms with van der Waals surface area (Å²) >= 11 is 0. The van der Waals surface area contributed by atoms with Gasteiger partial charge in [-0.05, 0) is 43.9 Å². The maximum Gasteiger partial charge on any atom is 0.226 e. The number of rotatable bonds is 2. The Morgan fingerprint density at radius 1 is 1.10 bits per heavy atom. The van der Waals surface area contributed by atoms with E-state index in [4.69, 9.17) is 0 Å². The summed E-state index contributed by atoms with van der Waals surface area (Å²) in [4.78, 5) is 14.9. The van der Waals surface area contributed by atoms with Gasteiger partial charge in [0, 0.05) is 24.4 Å². The van der Waals surface area contributed by atoms with Crippen molar-refractivity contribution in [3.8, 4) is 0 Å². The van der Waals surface area contributed by atoms with Crippen LogP contribution < -0.4 is 0 Å². The predicted molar refractivity (Wildman–Crippen MR) is 79.2 cm³/mol. The Kier molecular flexibility index (Phi) is 3.83. The molecule has 1 saturated heterocycles. The molecular weight excluding hydrogens is 250 g/mol. The molecule has 4 unspecified atom stereocenters. The number of hydrogen-bond donors (Lipinski definition) is 1. The SMILES string of the molecule is CC1(C)CC1C(=O)N1CCCCC1C1CCCCC1O. The van der Waals surface area contributed by atoms with Crippen LogP contribution in [0.4, 0.5) is 0 Å². The lowest BCUT2D eigenvalue weighted by Crippen LogP contribution is -2.51. The fourth-order valence-corrected chi connectivity index (χ4v) is 4.35. The van der Waals surface area contributed by atoms with Gasteiger partial charge in [0.2, 0.25) is 5.91 Å². The Labute approximate surface area is 122 Å². The molecular formula is C17H29NO2. The highest BCUT2D eigenvalue weighted by Gasteiger charge is 2.53. The van der Waals surface area contributed by atoms with Crippen LogP contribution in [0.3, 0.4) is 0 Å². The minimum Gasteiger partial charge on any atom is -0.393 e. The van der Waals surface area contributed by atoms with Crippen molar-refractivity contribution < 1.29 is 9.90 Å². The lowest BCUT2D eigenvalue weighted by atomic mass is 9.78. The number of amides is 1. The van der Waals surface area contributed by atoms with Gasteiger partial charge in [0.1, 0.15) is 0 Å². The summed E-state index contributed by atoms with van der Waals surface area (Å²) < 4.78 is 0. The molecule has 1 amide bonds. The van der Waals surface area contributed by atoms with Gasteiger partial charge in [0.25, 0.3) is 0 Å². The van der Waals surface area contributed by atoms with Crippen LogP contribution in [0.25, 0.3) is 0 Å². The van der Waals surface area contributed by atoms with Crippen molar-refractivity contribution in [2.75, 3.05) is 6.54 Å². The number of carbonyl (C=O) groups excluding carboxylic acids is 1. The van der Waals surface area contributed by atoms with Crippen LogP contribution in [0.15, 0.2) is 0 Å². The number of likely N-dealkylation sites (tertiary alicyclic amines) is 1. The second-order valence-corrected chi connectivity index (χ2v) is 7.86. The summed E-state index contributed by atoms with van der Waals surface area (Å²) in [5, 5.41) is 10.3. The molecule has 3 nitrogen and oxygen atoms in total. The van der Waals surface area contributed by atoms with Crippen molar-refractivity contribution in [3.05, 3.63) is 0 Å². The van der Waals surface area contributed by atoms with Gasteiger partial charge in [-0.2, -0.15) is 0 Å². The molecule has 3 fully saturated rings. The minimum atomic E-state index is -0.186. The molecule has 2 saturated carbocycles. The third-order valence-electron chi connectivity index (χ3n) is 5.92. The van der Waals surface area contributed by atoms with E-state index in [0.717, 1.165) is 45.1 Å². The van der Waals surface area contributed by atoms with Crippen LogP contribution in [-0.2, 0) is 4.79 Å². The molecule has 0 spiro atoms. The number of carbonyl (C=O) groups is 1. The van der Waals surface area contributed by atoms with E-state index in [2.05, 4.69) is 18.7 Å². The molecule has 0 bridgehead atoms. The van der Waals surface area contributed by atoms with E-state index in [1.807, 2.05) is 0 Å². The van der Waals surface area contributed by atoms with Gasteiger partial charge in [-0.3, -0.25) is 4.79 Å². The highest BCUT2D eigenvalue weighted by molar-refractivity contribution is 5.83. The first kappa shape index (κ1) is 14.4. The zero-order valence-corrected chi connectivity index (χ0v) is 13.0. The summed E-state index contributed by atoms with van der Waals surface area (Å²) in [5.74, 6) is 0.941. The molecule has 4 atom stereocenters. The largest absolute Gasteiger partial charge is 0.393 e. The smallest absolute Gasteiger partial charge is 0.226 e. The van der Waals surface area contributed by atoms with E-state index >= 15 is 0 Å². The summed E-state index contributed by atoms with van der Waals surface area (Å²) in [5.41, 5.74) is 0.213. The Bertz CT molecular complexity index is 379. The predicted octanol–water partition coefficient (Wildman–Crippen LogP) is 2.96. The molecule has 3 aliphatic rings. The highest BCUT2D eigenvalue weighted by Crippen LogP contribution is 2.53. The second kappa shape index (κ2) is 5.32. The van der Waals surface area contributed by atoms with Crippen LogP contribution in [-0.4, -0.2) is 34.6 Å². The van der Waals surface area contributed by atoms with Crippen LogP contribution in [0.2, 0.25) is 0 Å². The van der Waals surface area contributed by atoms with Crippen LogP contribution in [0.5, 0.6) is 0 Å². The van der Waals surface area contributed by atoms with E-state index in [9.17, 15) is 9.90 Å². The lowest BCUT2D eigenvalue weighted by molar-refractivity contribution is -0.140. The van der Waals surface area contributed by atoms with E-state index in [-0.39, 0.29) is 17.4 Å². The number of hydrogen-bond acceptors (Lipinski definition) is 2. The first-order valence-electron chi connectivity index (χ1n) is 8.49. The van der Waals surface area contributed by atoms with Gasteiger partial charge in [0.05, 0.1) is 6.10 Å². The van der Waals surface area contributed by atoms with Gasteiger partial charge in [-0.15, -0.1) is 0 Å². The van der Waals surface area contributed by atoms with Gasteiger partial charge in [0.15, 0.2) is 0 Å². The molecule has 3 heteroatoms. The Balaban J connectivity index is 1.72. The zero-order valence-electron chi connectivity index (χ0n) is 13.0. The van der Waals surface area contributed by atoms with Crippen LogP contribution >= 0.6 is 0 Å². The monoisotopic (exact) mass is 279 g/mol. The molecule has 1 heterocycles. The van der Waals surface area contributed by atoms with E-state index in [1.54, 1.807) is 0 Å². The van der Waals surface area contributed by atoms with Crippen LogP contribution in [0.1, 0.15) is 65.2 Å². The van der Waals surface area contributed by atoms with Crippen molar-refractivity contribution >= 4 is 5.91 Å². The Hall–Kier alpha value is -0.570. The first-order valence-corrected chi connectivity index (χ1v) is 8.49. The average Bonchev–Trinajstić information content (AvgIpc) is 3.08. The van der Waals surface area contributed by atoms with Crippen LogP contribution in [0, 0.1) is 17.3 Å². The molecule has 2 aliphatic carbocycles. The average molecular weight is 279 g/mol. The minimum absolute atomic E-state index is 0.186. The quantitative estimate of drug-likeness (QED) is 0.844. The Morgan fingerprint density at radius 2 is 1.75 bits per heavy atom. The van der Waals surface area contributed by atoms with Gasteiger partial charge in [-0.1, -0.05) is 26.7 Å². The van der Waals surface area contributed by atoms with E-state index in [1.165, 1.54) is 12.8 Å². The fourth-order valence-electron chi connectivity index (χ4n) is 4.35. The summed E-state index contributed by atoms with van der Waals surface area (Å²) in [7, 11) is 0. The van der Waals surface area contributed by atoms with Crippen molar-refractivity contribution in [1.29, 1.82) is 0 Å². The van der Waals surface area contributed by atoms with Gasteiger partial charge >= 0.3 is 0 Å². The lowest BCUT2D eigenvalue weighted by Gasteiger charge is -2.44. The molecule has 0 radical (unpaired) electrons. The molecule has 0 aromatic carbocycles. The normalized spacial score (nSPS) is 40.5. The molecule has 0 aromatic heterocycles. The van der Waals surface area contributed by atoms with Crippen molar-refractivity contribution in [3.63, 3.8) is 0 Å². The summed E-state index contributed by atoms with van der Waals surface area (Å²) in [6.07, 6.45) is 8.70. The van der Waals surface area contributed by atoms with Gasteiger partial charge < -0.3 is 10.0 Å². The highest BCUT2D eigenvalue weighted by atomic mass is 16.3. The number of aliphatic hydroxyl groups excluding tert-OH is 1. The number of piperidine rings is 1. The number of nitrogens with zero attached hydrogens (tertiary/aromatic N) is 1. The molecule has 1 N–H and O–H groups in total.